The summed E-state index contributed by atoms with van der Waals surface area (Å²) in [6, 6.07) is 31.7. The molecule has 0 N–H and O–H groups in total. The number of furan rings is 2. The molecule has 0 aliphatic rings. The lowest BCUT2D eigenvalue weighted by molar-refractivity contribution is -0.137. The van der Waals surface area contributed by atoms with Gasteiger partial charge in [0, 0.05) is 63.0 Å². The number of hydrogen-bond acceptors (Lipinski definition) is 6. The number of benzene rings is 4. The van der Waals surface area contributed by atoms with Crippen molar-refractivity contribution in [1.29, 1.82) is 0 Å². The van der Waals surface area contributed by atoms with Crippen LogP contribution in [0, 0.1) is 48.5 Å². The van der Waals surface area contributed by atoms with Crippen molar-refractivity contribution in [3.8, 4) is 45.2 Å². The highest BCUT2D eigenvalue weighted by molar-refractivity contribution is 5.96. The van der Waals surface area contributed by atoms with E-state index in [-0.39, 0.29) is 11.3 Å². The van der Waals surface area contributed by atoms with Crippen molar-refractivity contribution in [1.82, 2.24) is 15.0 Å². The third kappa shape index (κ3) is 6.79. The van der Waals surface area contributed by atoms with E-state index in [0.717, 1.165) is 72.7 Å². The Hall–Kier alpha value is -7.00. The number of rotatable bonds is 7. The fraction of sp³-hybridized carbons (Fsp3) is 0.157. The van der Waals surface area contributed by atoms with Crippen LogP contribution in [-0.4, -0.2) is 15.0 Å². The van der Waals surface area contributed by atoms with Crippen LogP contribution in [0.15, 0.2) is 131 Å². The van der Waals surface area contributed by atoms with Gasteiger partial charge in [0.05, 0.1) is 16.9 Å². The van der Waals surface area contributed by atoms with E-state index in [2.05, 4.69) is 35.9 Å². The molecule has 9 aromatic rings. The zero-order valence-electron chi connectivity index (χ0n) is 34.3. The Labute approximate surface area is 346 Å². The molecule has 0 spiro atoms. The molecule has 4 aromatic carbocycles. The van der Waals surface area contributed by atoms with Crippen LogP contribution in [-0.2, 0) is 6.18 Å². The number of aromatic nitrogens is 3. The van der Waals surface area contributed by atoms with Gasteiger partial charge in [-0.3, -0.25) is 15.0 Å². The maximum absolute atomic E-state index is 15.1. The molecule has 0 saturated heterocycles. The maximum atomic E-state index is 15.1. The van der Waals surface area contributed by atoms with Crippen molar-refractivity contribution in [3.63, 3.8) is 0 Å². The van der Waals surface area contributed by atoms with Crippen LogP contribution in [0.4, 0.5) is 30.2 Å². The molecule has 9 rings (SSSR count). The van der Waals surface area contributed by atoms with E-state index in [9.17, 15) is 0 Å². The van der Waals surface area contributed by atoms with E-state index in [4.69, 9.17) is 13.8 Å². The molecular formula is C51H41F3N4O2. The van der Waals surface area contributed by atoms with Gasteiger partial charge in [0.2, 0.25) is 0 Å². The number of hydrogen-bond donors (Lipinski definition) is 0. The summed E-state index contributed by atoms with van der Waals surface area (Å²) in [7, 11) is 0. The Morgan fingerprint density at radius 2 is 0.983 bits per heavy atom. The molecule has 9 heteroatoms. The van der Waals surface area contributed by atoms with E-state index in [1.165, 1.54) is 6.07 Å². The fourth-order valence-corrected chi connectivity index (χ4v) is 8.49. The van der Waals surface area contributed by atoms with Crippen LogP contribution >= 0.6 is 0 Å². The summed E-state index contributed by atoms with van der Waals surface area (Å²) in [5, 5.41) is 1.62. The highest BCUT2D eigenvalue weighted by Gasteiger charge is 2.33. The molecule has 0 bridgehead atoms. The van der Waals surface area contributed by atoms with Crippen molar-refractivity contribution in [2.75, 3.05) is 4.90 Å². The summed E-state index contributed by atoms with van der Waals surface area (Å²) in [4.78, 5) is 15.9. The highest BCUT2D eigenvalue weighted by atomic mass is 19.4. The van der Waals surface area contributed by atoms with Gasteiger partial charge in [-0.25, -0.2) is 0 Å². The normalized spacial score (nSPS) is 11.8. The van der Waals surface area contributed by atoms with Crippen molar-refractivity contribution < 1.29 is 22.0 Å². The van der Waals surface area contributed by atoms with Crippen LogP contribution in [0.1, 0.15) is 44.6 Å². The van der Waals surface area contributed by atoms with Gasteiger partial charge in [-0.15, -0.1) is 0 Å². The number of nitrogens with zero attached hydrogens (tertiary/aromatic N) is 4. The van der Waals surface area contributed by atoms with Crippen LogP contribution in [0.2, 0.25) is 0 Å². The van der Waals surface area contributed by atoms with Crippen molar-refractivity contribution >= 4 is 39.0 Å². The summed E-state index contributed by atoms with van der Waals surface area (Å²) in [5.41, 5.74) is 12.2. The zero-order chi connectivity index (χ0) is 42.0. The van der Waals surface area contributed by atoms with E-state index >= 15 is 13.2 Å². The first-order valence-electron chi connectivity index (χ1n) is 19.7. The van der Waals surface area contributed by atoms with Gasteiger partial charge in [-0.05, 0) is 149 Å². The molecular weight excluding hydrogens is 758 g/mol. The Bertz CT molecular complexity index is 3080. The molecule has 60 heavy (non-hydrogen) atoms. The van der Waals surface area contributed by atoms with Gasteiger partial charge in [-0.2, -0.15) is 13.2 Å². The minimum absolute atomic E-state index is 0.256. The topological polar surface area (TPSA) is 68.2 Å². The van der Waals surface area contributed by atoms with Gasteiger partial charge in [-0.1, -0.05) is 36.4 Å². The quantitative estimate of drug-likeness (QED) is 0.160. The number of halogens is 3. The van der Waals surface area contributed by atoms with Gasteiger partial charge in [0.1, 0.15) is 22.9 Å². The van der Waals surface area contributed by atoms with Crippen molar-refractivity contribution in [3.05, 3.63) is 166 Å². The first-order chi connectivity index (χ1) is 28.7. The minimum Gasteiger partial charge on any atom is -0.454 e. The second kappa shape index (κ2) is 14.7. The third-order valence-electron chi connectivity index (χ3n) is 11.2. The van der Waals surface area contributed by atoms with Gasteiger partial charge in [0.15, 0.2) is 11.2 Å². The second-order valence-corrected chi connectivity index (χ2v) is 15.6. The predicted octanol–water partition coefficient (Wildman–Crippen LogP) is 14.7. The van der Waals surface area contributed by atoms with Crippen molar-refractivity contribution in [2.45, 2.75) is 54.6 Å². The standard InChI is InChI=1S/C51H41F3N4O2/c1-28-20-37(46-49-35(15-18-56-46)25-42(59-49)44-29(2)10-8-11-30(44)3)23-40(21-28)58(48-33(6)14-17-55-34(48)7)41-24-38(22-39(27-41)51(52,53)54)47-50-36(16-19-57-47)26-43(60-50)45-31(4)12-9-13-32(45)5/h8-27H,1-7H3. The molecule has 0 amide bonds. The number of aryl methyl sites for hydroxylation is 7. The smallest absolute Gasteiger partial charge is 0.416 e. The molecule has 0 aliphatic heterocycles. The molecule has 6 nitrogen and oxygen atoms in total. The van der Waals surface area contributed by atoms with E-state index < -0.39 is 11.7 Å². The number of fused-ring (bicyclic) bond motifs is 2. The summed E-state index contributed by atoms with van der Waals surface area (Å²) in [5.74, 6) is 1.36. The Morgan fingerprint density at radius 3 is 1.48 bits per heavy atom. The number of pyridine rings is 3. The maximum Gasteiger partial charge on any atom is 0.416 e. The Balaban J connectivity index is 1.26. The SMILES string of the molecule is Cc1cc(-c2nccc3cc(-c4c(C)cccc4C)oc23)cc(N(c2cc(-c3nccc4cc(-c5c(C)cccc5C)oc34)cc(C(F)(F)F)c2)c2c(C)ccnc2C)c1. The average Bonchev–Trinajstić information content (AvgIpc) is 3.83. The third-order valence-corrected chi connectivity index (χ3v) is 11.2. The van der Waals surface area contributed by atoms with Crippen LogP contribution in [0.25, 0.3) is 67.1 Å². The lowest BCUT2D eigenvalue weighted by Crippen LogP contribution is -2.16. The molecule has 5 aromatic heterocycles. The largest absolute Gasteiger partial charge is 0.454 e. The van der Waals surface area contributed by atoms with Gasteiger partial charge < -0.3 is 13.7 Å². The Morgan fingerprint density at radius 1 is 0.500 bits per heavy atom. The highest BCUT2D eigenvalue weighted by Crippen LogP contribution is 2.46. The molecule has 0 atom stereocenters. The summed E-state index contributed by atoms with van der Waals surface area (Å²) in [6.45, 7) is 13.9. The number of alkyl halides is 3. The monoisotopic (exact) mass is 798 g/mol. The molecule has 0 unspecified atom stereocenters. The zero-order valence-corrected chi connectivity index (χ0v) is 34.3. The van der Waals surface area contributed by atoms with Gasteiger partial charge in [0.25, 0.3) is 0 Å². The molecule has 0 aliphatic carbocycles. The minimum atomic E-state index is -4.68. The summed E-state index contributed by atoms with van der Waals surface area (Å²) in [6.07, 6.45) is 0.384. The summed E-state index contributed by atoms with van der Waals surface area (Å²) < 4.78 is 58.4. The van der Waals surface area contributed by atoms with Crippen LogP contribution in [0.5, 0.6) is 0 Å². The molecule has 0 fully saturated rings. The fourth-order valence-electron chi connectivity index (χ4n) is 8.49. The lowest BCUT2D eigenvalue weighted by atomic mass is 10.00. The molecule has 0 saturated carbocycles. The molecule has 0 radical (unpaired) electrons. The van der Waals surface area contributed by atoms with Crippen LogP contribution < -0.4 is 4.90 Å². The van der Waals surface area contributed by atoms with Crippen molar-refractivity contribution in [2.24, 2.45) is 0 Å². The molecule has 5 heterocycles. The Kier molecular flexibility index (Phi) is 9.42. The van der Waals surface area contributed by atoms with Gasteiger partial charge >= 0.3 is 6.18 Å². The summed E-state index contributed by atoms with van der Waals surface area (Å²) >= 11 is 0. The van der Waals surface area contributed by atoms with E-state index in [0.29, 0.717) is 45.4 Å². The first-order valence-corrected chi connectivity index (χ1v) is 19.7. The lowest BCUT2D eigenvalue weighted by Gasteiger charge is -2.30. The molecule has 298 valence electrons. The predicted molar refractivity (Wildman–Crippen MR) is 234 cm³/mol. The first kappa shape index (κ1) is 38.5. The van der Waals surface area contributed by atoms with Crippen LogP contribution in [0.3, 0.4) is 0 Å². The second-order valence-electron chi connectivity index (χ2n) is 15.6. The number of anilines is 3. The van der Waals surface area contributed by atoms with E-state index in [1.807, 2.05) is 112 Å². The average molecular weight is 799 g/mol. The van der Waals surface area contributed by atoms with E-state index in [1.54, 1.807) is 24.7 Å².